The van der Waals surface area contributed by atoms with E-state index in [9.17, 15) is 18.4 Å². The molecule has 142 valence electrons. The molecule has 0 radical (unpaired) electrons. The van der Waals surface area contributed by atoms with E-state index in [1.807, 2.05) is 6.92 Å². The lowest BCUT2D eigenvalue weighted by Crippen LogP contribution is -2.50. The maximum Gasteiger partial charge on any atom is 0.257 e. The van der Waals surface area contributed by atoms with E-state index in [0.29, 0.717) is 31.0 Å². The van der Waals surface area contributed by atoms with Crippen molar-refractivity contribution in [1.82, 2.24) is 9.80 Å². The van der Waals surface area contributed by atoms with E-state index < -0.39 is 17.5 Å². The molecule has 3 rings (SSSR count). The number of hydrogen-bond donors (Lipinski definition) is 0. The highest BCUT2D eigenvalue weighted by molar-refractivity contribution is 5.96. The van der Waals surface area contributed by atoms with Gasteiger partial charge in [-0.3, -0.25) is 9.59 Å². The van der Waals surface area contributed by atoms with Crippen molar-refractivity contribution in [2.75, 3.05) is 32.8 Å². The summed E-state index contributed by atoms with van der Waals surface area (Å²) in [5.41, 5.74) is 0.246. The first-order valence-electron chi connectivity index (χ1n) is 8.76. The first-order valence-corrected chi connectivity index (χ1v) is 8.76. The van der Waals surface area contributed by atoms with Gasteiger partial charge in [-0.2, -0.15) is 0 Å². The molecular weight excluding hydrogens is 354 g/mol. The summed E-state index contributed by atoms with van der Waals surface area (Å²) in [6.07, 6.45) is 0. The zero-order valence-electron chi connectivity index (χ0n) is 15.0. The van der Waals surface area contributed by atoms with Crippen molar-refractivity contribution < 1.29 is 23.1 Å². The molecule has 1 fully saturated rings. The SMILES string of the molecule is CCOc1ccc(C(=O)N2CCN(C(=O)c3cc(F)ccc3F)CC2)cc1. The van der Waals surface area contributed by atoms with Crippen molar-refractivity contribution in [1.29, 1.82) is 0 Å². The number of amides is 2. The van der Waals surface area contributed by atoms with Gasteiger partial charge in [-0.15, -0.1) is 0 Å². The van der Waals surface area contributed by atoms with Crippen LogP contribution in [0.5, 0.6) is 5.75 Å². The molecule has 0 atom stereocenters. The molecule has 1 heterocycles. The van der Waals surface area contributed by atoms with E-state index in [1.54, 1.807) is 29.2 Å². The van der Waals surface area contributed by atoms with Gasteiger partial charge in [0, 0.05) is 31.7 Å². The van der Waals surface area contributed by atoms with Gasteiger partial charge in [0.05, 0.1) is 12.2 Å². The fourth-order valence-electron chi connectivity index (χ4n) is 2.99. The average Bonchev–Trinajstić information content (AvgIpc) is 2.70. The Morgan fingerprint density at radius 1 is 0.926 bits per heavy atom. The molecule has 0 N–H and O–H groups in total. The lowest BCUT2D eigenvalue weighted by molar-refractivity contribution is 0.0532. The molecule has 0 spiro atoms. The number of nitrogens with zero attached hydrogens (tertiary/aromatic N) is 2. The van der Waals surface area contributed by atoms with Gasteiger partial charge in [0.2, 0.25) is 0 Å². The van der Waals surface area contributed by atoms with Crippen LogP contribution in [-0.4, -0.2) is 54.4 Å². The Morgan fingerprint density at radius 3 is 2.11 bits per heavy atom. The van der Waals surface area contributed by atoms with Crippen LogP contribution in [0.2, 0.25) is 0 Å². The molecule has 0 aliphatic carbocycles. The first kappa shape index (κ1) is 18.8. The van der Waals surface area contributed by atoms with Crippen LogP contribution < -0.4 is 4.74 Å². The van der Waals surface area contributed by atoms with Crippen LogP contribution in [0.3, 0.4) is 0 Å². The zero-order chi connectivity index (χ0) is 19.4. The minimum absolute atomic E-state index is 0.137. The molecule has 0 aromatic heterocycles. The van der Waals surface area contributed by atoms with E-state index in [2.05, 4.69) is 0 Å². The number of carbonyl (C=O) groups excluding carboxylic acids is 2. The van der Waals surface area contributed by atoms with Crippen LogP contribution in [0.4, 0.5) is 8.78 Å². The molecule has 1 aliphatic heterocycles. The fraction of sp³-hybridized carbons (Fsp3) is 0.300. The van der Waals surface area contributed by atoms with Gasteiger partial charge in [-0.1, -0.05) is 0 Å². The highest BCUT2D eigenvalue weighted by Gasteiger charge is 2.27. The topological polar surface area (TPSA) is 49.9 Å². The van der Waals surface area contributed by atoms with Crippen LogP contribution in [0.1, 0.15) is 27.6 Å². The minimum Gasteiger partial charge on any atom is -0.494 e. The van der Waals surface area contributed by atoms with Crippen LogP contribution in [0.15, 0.2) is 42.5 Å². The Labute approximate surface area is 156 Å². The maximum atomic E-state index is 13.8. The maximum absolute atomic E-state index is 13.8. The summed E-state index contributed by atoms with van der Waals surface area (Å²) >= 11 is 0. The molecule has 1 saturated heterocycles. The standard InChI is InChI=1S/C20H20F2N2O3/c1-2-27-16-6-3-14(4-7-16)19(25)23-9-11-24(12-10-23)20(26)17-13-15(21)5-8-18(17)22/h3-8,13H,2,9-12H2,1H3. The third-order valence-electron chi connectivity index (χ3n) is 4.43. The fourth-order valence-corrected chi connectivity index (χ4v) is 2.99. The zero-order valence-corrected chi connectivity index (χ0v) is 15.0. The molecule has 2 amide bonds. The predicted octanol–water partition coefficient (Wildman–Crippen LogP) is 2.96. The van der Waals surface area contributed by atoms with Crippen molar-refractivity contribution in [2.45, 2.75) is 6.92 Å². The molecule has 2 aromatic rings. The summed E-state index contributed by atoms with van der Waals surface area (Å²) < 4.78 is 32.5. The van der Waals surface area contributed by atoms with Crippen molar-refractivity contribution in [2.24, 2.45) is 0 Å². The monoisotopic (exact) mass is 374 g/mol. The summed E-state index contributed by atoms with van der Waals surface area (Å²) in [6, 6.07) is 9.69. The van der Waals surface area contributed by atoms with Crippen LogP contribution in [0.25, 0.3) is 0 Å². The van der Waals surface area contributed by atoms with E-state index >= 15 is 0 Å². The number of hydrogen-bond acceptors (Lipinski definition) is 3. The predicted molar refractivity (Wildman–Crippen MR) is 95.8 cm³/mol. The number of benzene rings is 2. The minimum atomic E-state index is -0.755. The molecule has 0 bridgehead atoms. The van der Waals surface area contributed by atoms with Gasteiger partial charge in [0.15, 0.2) is 0 Å². The number of ether oxygens (including phenoxy) is 1. The lowest BCUT2D eigenvalue weighted by atomic mass is 10.1. The second-order valence-corrected chi connectivity index (χ2v) is 6.17. The molecule has 2 aromatic carbocycles. The van der Waals surface area contributed by atoms with Crippen molar-refractivity contribution >= 4 is 11.8 Å². The summed E-state index contributed by atoms with van der Waals surface area (Å²) in [5.74, 6) is -1.43. The van der Waals surface area contributed by atoms with Crippen molar-refractivity contribution in [3.63, 3.8) is 0 Å². The highest BCUT2D eigenvalue weighted by atomic mass is 19.1. The Kier molecular flexibility index (Phi) is 5.69. The lowest BCUT2D eigenvalue weighted by Gasteiger charge is -2.35. The van der Waals surface area contributed by atoms with E-state index in [1.165, 1.54) is 4.90 Å². The Balaban J connectivity index is 1.62. The first-order chi connectivity index (χ1) is 13.0. The Bertz CT molecular complexity index is 832. The van der Waals surface area contributed by atoms with E-state index in [4.69, 9.17) is 4.74 Å². The second kappa shape index (κ2) is 8.16. The molecular formula is C20H20F2N2O3. The Morgan fingerprint density at radius 2 is 1.52 bits per heavy atom. The summed E-state index contributed by atoms with van der Waals surface area (Å²) in [4.78, 5) is 28.1. The van der Waals surface area contributed by atoms with Gasteiger partial charge in [0.25, 0.3) is 11.8 Å². The van der Waals surface area contributed by atoms with Crippen LogP contribution in [0, 0.1) is 11.6 Å². The summed E-state index contributed by atoms with van der Waals surface area (Å²) in [6.45, 7) is 3.61. The second-order valence-electron chi connectivity index (χ2n) is 6.17. The molecule has 27 heavy (non-hydrogen) atoms. The molecule has 0 saturated carbocycles. The molecule has 1 aliphatic rings. The van der Waals surface area contributed by atoms with Crippen LogP contribution in [-0.2, 0) is 0 Å². The van der Waals surface area contributed by atoms with Gasteiger partial charge >= 0.3 is 0 Å². The van der Waals surface area contributed by atoms with Gasteiger partial charge < -0.3 is 14.5 Å². The summed E-state index contributed by atoms with van der Waals surface area (Å²) in [7, 11) is 0. The Hall–Kier alpha value is -2.96. The van der Waals surface area contributed by atoms with Gasteiger partial charge in [-0.05, 0) is 49.4 Å². The van der Waals surface area contributed by atoms with Crippen molar-refractivity contribution in [3.05, 3.63) is 65.2 Å². The third kappa shape index (κ3) is 4.24. The molecule has 0 unspecified atom stereocenters. The molecule has 7 heteroatoms. The average molecular weight is 374 g/mol. The highest BCUT2D eigenvalue weighted by Crippen LogP contribution is 2.17. The van der Waals surface area contributed by atoms with E-state index in [-0.39, 0.29) is 24.6 Å². The number of rotatable bonds is 4. The van der Waals surface area contributed by atoms with Crippen LogP contribution >= 0.6 is 0 Å². The van der Waals surface area contributed by atoms with Gasteiger partial charge in [-0.25, -0.2) is 8.78 Å². The number of piperazine rings is 1. The van der Waals surface area contributed by atoms with Crippen molar-refractivity contribution in [3.8, 4) is 5.75 Å². The smallest absolute Gasteiger partial charge is 0.257 e. The third-order valence-corrected chi connectivity index (χ3v) is 4.43. The number of halogens is 2. The largest absolute Gasteiger partial charge is 0.494 e. The summed E-state index contributed by atoms with van der Waals surface area (Å²) in [5, 5.41) is 0. The number of carbonyl (C=O) groups is 2. The quantitative estimate of drug-likeness (QED) is 0.827. The normalized spacial score (nSPS) is 14.2. The van der Waals surface area contributed by atoms with E-state index in [0.717, 1.165) is 18.2 Å². The van der Waals surface area contributed by atoms with Gasteiger partial charge in [0.1, 0.15) is 17.4 Å². The molecule has 5 nitrogen and oxygen atoms in total.